The summed E-state index contributed by atoms with van der Waals surface area (Å²) in [6.07, 6.45) is 1.36. The number of hydrogen-bond acceptors (Lipinski definition) is 4. The van der Waals surface area contributed by atoms with E-state index in [-0.39, 0.29) is 24.3 Å². The van der Waals surface area contributed by atoms with Crippen LogP contribution in [0.4, 0.5) is 0 Å². The Morgan fingerprint density at radius 2 is 2.04 bits per heavy atom. The fraction of sp³-hybridized carbons (Fsp3) is 0.444. The average Bonchev–Trinajstić information content (AvgIpc) is 3.03. The lowest BCUT2D eigenvalue weighted by Crippen LogP contribution is -2.44. The zero-order chi connectivity index (χ0) is 16.9. The Kier molecular flexibility index (Phi) is 5.15. The van der Waals surface area contributed by atoms with Crippen molar-refractivity contribution in [2.75, 3.05) is 26.8 Å². The Balaban J connectivity index is 1.48. The van der Waals surface area contributed by atoms with Crippen molar-refractivity contribution in [2.24, 2.45) is 5.92 Å². The van der Waals surface area contributed by atoms with Crippen molar-refractivity contribution in [1.29, 1.82) is 0 Å². The van der Waals surface area contributed by atoms with Crippen molar-refractivity contribution in [2.45, 2.75) is 19.4 Å². The summed E-state index contributed by atoms with van der Waals surface area (Å²) in [5.41, 5.74) is 0.826. The number of furan rings is 1. The molecule has 1 fully saturated rings. The molecule has 2 heterocycles. The number of fused-ring (bicyclic) bond motifs is 1. The second-order valence-corrected chi connectivity index (χ2v) is 6.06. The first-order valence-electron chi connectivity index (χ1n) is 8.19. The Morgan fingerprint density at radius 3 is 2.75 bits per heavy atom. The number of carbonyl (C=O) groups excluding carboxylic acids is 2. The third-order valence-electron chi connectivity index (χ3n) is 4.40. The number of hydrogen-bond donors (Lipinski definition) is 1. The highest BCUT2D eigenvalue weighted by Gasteiger charge is 2.27. The summed E-state index contributed by atoms with van der Waals surface area (Å²) in [6.45, 7) is 1.69. The van der Waals surface area contributed by atoms with Gasteiger partial charge in [0.15, 0.2) is 0 Å². The van der Waals surface area contributed by atoms with Gasteiger partial charge < -0.3 is 19.4 Å². The minimum Gasteiger partial charge on any atom is -0.459 e. The molecule has 0 aliphatic carbocycles. The number of ether oxygens (including phenoxy) is 1. The minimum absolute atomic E-state index is 0.0152. The summed E-state index contributed by atoms with van der Waals surface area (Å²) in [7, 11) is 1.51. The number of nitrogens with zero attached hydrogens (tertiary/aromatic N) is 1. The van der Waals surface area contributed by atoms with Crippen molar-refractivity contribution in [1.82, 2.24) is 10.2 Å². The molecule has 0 unspecified atom stereocenters. The largest absolute Gasteiger partial charge is 0.459 e. The minimum atomic E-state index is -0.0547. The molecule has 3 rings (SSSR count). The third kappa shape index (κ3) is 3.76. The summed E-state index contributed by atoms with van der Waals surface area (Å²) in [6, 6.07) is 9.72. The number of benzene rings is 1. The van der Waals surface area contributed by atoms with Crippen LogP contribution in [0.25, 0.3) is 11.0 Å². The number of carbonyl (C=O) groups is 2. The van der Waals surface area contributed by atoms with Crippen LogP contribution in [0.5, 0.6) is 0 Å². The van der Waals surface area contributed by atoms with Crippen LogP contribution in [0, 0.1) is 5.92 Å². The second-order valence-electron chi connectivity index (χ2n) is 6.06. The molecule has 2 amide bonds. The van der Waals surface area contributed by atoms with E-state index in [1.54, 1.807) is 4.90 Å². The van der Waals surface area contributed by atoms with Crippen LogP contribution in [0.1, 0.15) is 18.6 Å². The molecule has 0 spiro atoms. The molecule has 6 nitrogen and oxygen atoms in total. The molecule has 6 heteroatoms. The molecule has 1 aliphatic rings. The fourth-order valence-corrected chi connectivity index (χ4v) is 3.05. The van der Waals surface area contributed by atoms with Crippen molar-refractivity contribution >= 4 is 22.8 Å². The maximum atomic E-state index is 12.3. The molecule has 24 heavy (non-hydrogen) atoms. The van der Waals surface area contributed by atoms with Gasteiger partial charge in [0, 0.05) is 31.5 Å². The van der Waals surface area contributed by atoms with Crippen LogP contribution in [-0.4, -0.2) is 43.5 Å². The van der Waals surface area contributed by atoms with Crippen LogP contribution in [-0.2, 0) is 20.9 Å². The Morgan fingerprint density at radius 1 is 1.29 bits per heavy atom. The Bertz CT molecular complexity index is 684. The summed E-state index contributed by atoms with van der Waals surface area (Å²) < 4.78 is 10.6. The predicted molar refractivity (Wildman–Crippen MR) is 89.2 cm³/mol. The molecule has 1 aromatic heterocycles. The quantitative estimate of drug-likeness (QED) is 0.909. The number of methoxy groups -OCH3 is 1. The van der Waals surface area contributed by atoms with Gasteiger partial charge in [-0.15, -0.1) is 0 Å². The highest BCUT2D eigenvalue weighted by Crippen LogP contribution is 2.20. The molecule has 0 saturated carbocycles. The number of amides is 2. The Labute approximate surface area is 140 Å². The SMILES string of the molecule is COCC(=O)N1CCC(C(=O)NCc2cc3ccccc3o2)CC1. The molecular formula is C18H22N2O4. The molecule has 1 aliphatic heterocycles. The molecule has 2 aromatic rings. The zero-order valence-corrected chi connectivity index (χ0v) is 13.8. The van der Waals surface area contributed by atoms with E-state index in [4.69, 9.17) is 9.15 Å². The molecule has 1 aromatic carbocycles. The molecule has 128 valence electrons. The summed E-state index contributed by atoms with van der Waals surface area (Å²) in [5.74, 6) is 0.700. The lowest BCUT2D eigenvalue weighted by atomic mass is 9.96. The zero-order valence-electron chi connectivity index (χ0n) is 13.8. The highest BCUT2D eigenvalue weighted by molar-refractivity contribution is 5.81. The summed E-state index contributed by atoms with van der Waals surface area (Å²) in [4.78, 5) is 25.8. The van der Waals surface area contributed by atoms with Crippen LogP contribution < -0.4 is 5.32 Å². The van der Waals surface area contributed by atoms with Crippen LogP contribution in [0.2, 0.25) is 0 Å². The molecule has 1 saturated heterocycles. The van der Waals surface area contributed by atoms with Crippen molar-refractivity contribution in [3.05, 3.63) is 36.1 Å². The van der Waals surface area contributed by atoms with Crippen LogP contribution in [0.15, 0.2) is 34.7 Å². The van der Waals surface area contributed by atoms with Crippen LogP contribution in [0.3, 0.4) is 0 Å². The second kappa shape index (κ2) is 7.49. The first-order valence-corrected chi connectivity index (χ1v) is 8.19. The number of para-hydroxylation sites is 1. The summed E-state index contributed by atoms with van der Waals surface area (Å²) in [5, 5.41) is 3.97. The van der Waals surface area contributed by atoms with Crippen molar-refractivity contribution in [3.63, 3.8) is 0 Å². The van der Waals surface area contributed by atoms with E-state index in [0.717, 1.165) is 16.7 Å². The normalized spacial score (nSPS) is 15.6. The number of likely N-dealkylation sites (tertiary alicyclic amines) is 1. The summed E-state index contributed by atoms with van der Waals surface area (Å²) >= 11 is 0. The number of piperidine rings is 1. The maximum Gasteiger partial charge on any atom is 0.248 e. The highest BCUT2D eigenvalue weighted by atomic mass is 16.5. The first kappa shape index (κ1) is 16.5. The molecule has 0 bridgehead atoms. The molecule has 0 radical (unpaired) electrons. The number of nitrogens with one attached hydrogen (secondary N) is 1. The topological polar surface area (TPSA) is 71.8 Å². The van der Waals surface area contributed by atoms with Gasteiger partial charge in [-0.2, -0.15) is 0 Å². The van der Waals surface area contributed by atoms with Gasteiger partial charge in [0.1, 0.15) is 18.0 Å². The van der Waals surface area contributed by atoms with Gasteiger partial charge in [-0.1, -0.05) is 18.2 Å². The van der Waals surface area contributed by atoms with E-state index >= 15 is 0 Å². The van der Waals surface area contributed by atoms with Gasteiger partial charge >= 0.3 is 0 Å². The van der Waals surface area contributed by atoms with E-state index < -0.39 is 0 Å². The van der Waals surface area contributed by atoms with Gasteiger partial charge in [-0.3, -0.25) is 9.59 Å². The van der Waals surface area contributed by atoms with E-state index in [9.17, 15) is 9.59 Å². The molecule has 0 atom stereocenters. The Hall–Kier alpha value is -2.34. The molecular weight excluding hydrogens is 308 g/mol. The number of rotatable bonds is 5. The average molecular weight is 330 g/mol. The van der Waals surface area contributed by atoms with E-state index in [2.05, 4.69) is 5.32 Å². The first-order chi connectivity index (χ1) is 11.7. The van der Waals surface area contributed by atoms with E-state index in [1.165, 1.54) is 7.11 Å². The lowest BCUT2D eigenvalue weighted by molar-refractivity contribution is -0.138. The smallest absolute Gasteiger partial charge is 0.248 e. The third-order valence-corrected chi connectivity index (χ3v) is 4.40. The van der Waals surface area contributed by atoms with Gasteiger partial charge in [0.25, 0.3) is 0 Å². The van der Waals surface area contributed by atoms with Gasteiger partial charge in [0.05, 0.1) is 6.54 Å². The monoisotopic (exact) mass is 330 g/mol. The fourth-order valence-electron chi connectivity index (χ4n) is 3.05. The van der Waals surface area contributed by atoms with Crippen molar-refractivity contribution < 1.29 is 18.7 Å². The maximum absolute atomic E-state index is 12.3. The van der Waals surface area contributed by atoms with E-state index in [0.29, 0.717) is 32.5 Å². The van der Waals surface area contributed by atoms with Gasteiger partial charge in [-0.25, -0.2) is 0 Å². The lowest BCUT2D eigenvalue weighted by Gasteiger charge is -2.31. The van der Waals surface area contributed by atoms with Gasteiger partial charge in [-0.05, 0) is 25.0 Å². The van der Waals surface area contributed by atoms with Crippen molar-refractivity contribution in [3.8, 4) is 0 Å². The van der Waals surface area contributed by atoms with Crippen LogP contribution >= 0.6 is 0 Å². The standard InChI is InChI=1S/C18H22N2O4/c1-23-12-17(21)20-8-6-13(7-9-20)18(22)19-11-15-10-14-4-2-3-5-16(14)24-15/h2-5,10,13H,6-9,11-12H2,1H3,(H,19,22). The molecule has 1 N–H and O–H groups in total. The van der Waals surface area contributed by atoms with Gasteiger partial charge in [0.2, 0.25) is 11.8 Å². The predicted octanol–water partition coefficient (Wildman–Crippen LogP) is 1.93. The van der Waals surface area contributed by atoms with E-state index in [1.807, 2.05) is 30.3 Å².